The van der Waals surface area contributed by atoms with E-state index in [1.54, 1.807) is 37.3 Å². The molecule has 2 aliphatic rings. The first kappa shape index (κ1) is 29.2. The Hall–Kier alpha value is -3.25. The Bertz CT molecular complexity index is 1290. The van der Waals surface area contributed by atoms with Gasteiger partial charge in [0.1, 0.15) is 24.1 Å². The molecule has 1 N–H and O–H groups in total. The normalized spacial score (nSPS) is 20.6. The highest BCUT2D eigenvalue weighted by molar-refractivity contribution is 5.78. The molecule has 1 saturated carbocycles. The molecule has 1 aliphatic heterocycles. The van der Waals surface area contributed by atoms with Crippen LogP contribution < -0.4 is 10.2 Å². The van der Waals surface area contributed by atoms with Gasteiger partial charge in [-0.05, 0) is 50.7 Å². The number of aromatic nitrogens is 4. The maximum Gasteiger partial charge on any atom is 0.296 e. The number of carbonyl (C=O) groups is 1. The quantitative estimate of drug-likeness (QED) is 0.309. The van der Waals surface area contributed by atoms with Crippen LogP contribution in [0, 0.1) is 5.92 Å². The van der Waals surface area contributed by atoms with Crippen molar-refractivity contribution in [3.8, 4) is 5.82 Å². The second kappa shape index (κ2) is 13.6. The summed E-state index contributed by atoms with van der Waals surface area (Å²) in [5.41, 5.74) is 1.03. The van der Waals surface area contributed by atoms with Gasteiger partial charge in [0.05, 0.1) is 24.2 Å². The van der Waals surface area contributed by atoms with E-state index in [1.165, 1.54) is 4.57 Å². The van der Waals surface area contributed by atoms with E-state index >= 15 is 0 Å². The first-order chi connectivity index (χ1) is 19.9. The van der Waals surface area contributed by atoms with Crippen LogP contribution in [0.4, 0.5) is 24.9 Å². The van der Waals surface area contributed by atoms with Gasteiger partial charge in [0.25, 0.3) is 6.43 Å². The van der Waals surface area contributed by atoms with Crippen molar-refractivity contribution in [3.05, 3.63) is 36.2 Å². The number of alkyl halides is 3. The van der Waals surface area contributed by atoms with E-state index in [1.807, 2.05) is 0 Å². The molecule has 2 aromatic heterocycles. The molecule has 1 aromatic carbocycles. The summed E-state index contributed by atoms with van der Waals surface area (Å²) in [5, 5.41) is 3.38. The fourth-order valence-electron chi connectivity index (χ4n) is 5.92. The van der Waals surface area contributed by atoms with E-state index in [0.29, 0.717) is 86.9 Å². The van der Waals surface area contributed by atoms with Crippen LogP contribution in [0.25, 0.3) is 16.9 Å². The Balaban J connectivity index is 1.34. The number of nitrogens with one attached hydrogen (secondary N) is 1. The van der Waals surface area contributed by atoms with Gasteiger partial charge in [-0.25, -0.2) is 18.2 Å². The van der Waals surface area contributed by atoms with E-state index < -0.39 is 12.6 Å². The van der Waals surface area contributed by atoms with Crippen LogP contribution in [-0.2, 0) is 9.53 Å². The summed E-state index contributed by atoms with van der Waals surface area (Å²) in [6.07, 6.45) is 1.34. The lowest BCUT2D eigenvalue weighted by molar-refractivity contribution is -0.108. The van der Waals surface area contributed by atoms with Crippen LogP contribution in [0.5, 0.6) is 0 Å². The van der Waals surface area contributed by atoms with Crippen molar-refractivity contribution in [2.24, 2.45) is 5.92 Å². The molecule has 1 atom stereocenters. The van der Waals surface area contributed by atoms with Gasteiger partial charge < -0.3 is 19.7 Å². The third-order valence-electron chi connectivity index (χ3n) is 7.95. The topological polar surface area (TPSA) is 88.4 Å². The molecule has 3 heterocycles. The minimum absolute atomic E-state index is 0.263. The summed E-state index contributed by atoms with van der Waals surface area (Å²) in [5.74, 6) is 1.37. The molecule has 3 aromatic rings. The molecule has 5 rings (SSSR count). The molecule has 0 radical (unpaired) electrons. The van der Waals surface area contributed by atoms with E-state index in [9.17, 15) is 18.0 Å². The molecule has 0 spiro atoms. The highest BCUT2D eigenvalue weighted by atomic mass is 19.3. The summed E-state index contributed by atoms with van der Waals surface area (Å²) < 4.78 is 48.9. The maximum atomic E-state index is 14.1. The van der Waals surface area contributed by atoms with Crippen LogP contribution >= 0.6 is 0 Å². The van der Waals surface area contributed by atoms with E-state index in [-0.39, 0.29) is 11.9 Å². The predicted molar refractivity (Wildman–Crippen MR) is 152 cm³/mol. The van der Waals surface area contributed by atoms with Gasteiger partial charge in [0.2, 0.25) is 5.95 Å². The molecule has 1 unspecified atom stereocenters. The van der Waals surface area contributed by atoms with Gasteiger partial charge in [-0.15, -0.1) is 0 Å². The van der Waals surface area contributed by atoms with Gasteiger partial charge in [-0.2, -0.15) is 9.97 Å². The number of hydrogen-bond donors (Lipinski definition) is 1. The van der Waals surface area contributed by atoms with Crippen molar-refractivity contribution in [3.63, 3.8) is 0 Å². The van der Waals surface area contributed by atoms with E-state index in [0.717, 1.165) is 32.0 Å². The molecular weight excluding hydrogens is 535 g/mol. The van der Waals surface area contributed by atoms with E-state index in [4.69, 9.17) is 9.72 Å². The first-order valence-electron chi connectivity index (χ1n) is 14.5. The molecular formula is C29H38F3N7O2. The number of anilines is 2. The summed E-state index contributed by atoms with van der Waals surface area (Å²) in [6.45, 7) is 5.53. The van der Waals surface area contributed by atoms with E-state index in [2.05, 4.69) is 25.1 Å². The smallest absolute Gasteiger partial charge is 0.296 e. The Kier molecular flexibility index (Phi) is 9.71. The third kappa shape index (κ3) is 7.16. The number of benzene rings is 1. The van der Waals surface area contributed by atoms with Crippen LogP contribution in [-0.4, -0.2) is 88.9 Å². The standard InChI is InChI=1S/C29H38F3N7O2/c1-20(30)19-38(11-4-14-40)22-9-7-21(8-10-22)18-33-29-35-25(37-12-15-41-16-13-37)17-26(36-29)39-24-6-3-2-5-23(24)34-28(39)27(31)32/h2-3,5-6,14,17,20-22,27H,4,7-13,15-16,18-19H2,1H3,(H,33,35,36). The lowest BCUT2D eigenvalue weighted by Crippen LogP contribution is -2.42. The number of para-hydroxylation sites is 2. The zero-order valence-corrected chi connectivity index (χ0v) is 23.4. The number of morpholine rings is 1. The summed E-state index contributed by atoms with van der Waals surface area (Å²) >= 11 is 0. The van der Waals surface area contributed by atoms with Crippen molar-refractivity contribution in [2.75, 3.05) is 56.2 Å². The molecule has 12 heteroatoms. The fourth-order valence-corrected chi connectivity index (χ4v) is 5.92. The number of imidazole rings is 1. The second-order valence-electron chi connectivity index (χ2n) is 10.9. The minimum Gasteiger partial charge on any atom is -0.378 e. The van der Waals surface area contributed by atoms with Crippen LogP contribution in [0.3, 0.4) is 0 Å². The van der Waals surface area contributed by atoms with Crippen LogP contribution in [0.1, 0.15) is 51.3 Å². The third-order valence-corrected chi connectivity index (χ3v) is 7.95. The number of hydrogen-bond acceptors (Lipinski definition) is 8. The lowest BCUT2D eigenvalue weighted by atomic mass is 9.85. The van der Waals surface area contributed by atoms with Crippen molar-refractivity contribution in [1.82, 2.24) is 24.4 Å². The number of carbonyl (C=O) groups excluding carboxylic acids is 1. The highest BCUT2D eigenvalue weighted by Crippen LogP contribution is 2.31. The number of aldehydes is 1. The molecule has 222 valence electrons. The predicted octanol–water partition coefficient (Wildman–Crippen LogP) is 4.81. The van der Waals surface area contributed by atoms with Crippen LogP contribution in [0.15, 0.2) is 30.3 Å². The van der Waals surface area contributed by atoms with Crippen molar-refractivity contribution >= 4 is 29.1 Å². The summed E-state index contributed by atoms with van der Waals surface area (Å²) in [6, 6.07) is 9.05. The summed E-state index contributed by atoms with van der Waals surface area (Å²) in [7, 11) is 0. The molecule has 41 heavy (non-hydrogen) atoms. The number of nitrogens with zero attached hydrogens (tertiary/aromatic N) is 6. The Labute approximate surface area is 238 Å². The van der Waals surface area contributed by atoms with Gasteiger partial charge in [-0.3, -0.25) is 9.47 Å². The molecule has 0 bridgehead atoms. The number of halogens is 3. The minimum atomic E-state index is -2.78. The average molecular weight is 574 g/mol. The second-order valence-corrected chi connectivity index (χ2v) is 10.9. The Morgan fingerprint density at radius 3 is 2.51 bits per heavy atom. The van der Waals surface area contributed by atoms with Crippen LogP contribution in [0.2, 0.25) is 0 Å². The first-order valence-corrected chi connectivity index (χ1v) is 14.5. The largest absolute Gasteiger partial charge is 0.378 e. The van der Waals surface area contributed by atoms with Gasteiger partial charge in [-0.1, -0.05) is 12.1 Å². The molecule has 1 aliphatic carbocycles. The highest BCUT2D eigenvalue weighted by Gasteiger charge is 2.27. The zero-order valence-electron chi connectivity index (χ0n) is 23.4. The SMILES string of the molecule is CC(F)CN(CCC=O)C1CCC(CNc2nc(N3CCOCC3)cc(-n3c(C(F)F)nc4ccccc43)n2)CC1. The zero-order chi connectivity index (χ0) is 28.8. The maximum absolute atomic E-state index is 14.1. The van der Waals surface area contributed by atoms with Gasteiger partial charge in [0.15, 0.2) is 5.82 Å². The Morgan fingerprint density at radius 2 is 1.80 bits per heavy atom. The van der Waals surface area contributed by atoms with Crippen molar-refractivity contribution < 1.29 is 22.7 Å². The number of ether oxygens (including phenoxy) is 1. The average Bonchev–Trinajstić information content (AvgIpc) is 3.39. The number of fused-ring (bicyclic) bond motifs is 1. The molecule has 9 nitrogen and oxygen atoms in total. The van der Waals surface area contributed by atoms with Gasteiger partial charge in [0, 0.05) is 51.3 Å². The lowest BCUT2D eigenvalue weighted by Gasteiger charge is -2.37. The molecule has 1 saturated heterocycles. The molecule has 0 amide bonds. The van der Waals surface area contributed by atoms with Crippen molar-refractivity contribution in [2.45, 2.75) is 57.7 Å². The molecule has 2 fully saturated rings. The number of rotatable bonds is 12. The summed E-state index contributed by atoms with van der Waals surface area (Å²) in [4.78, 5) is 28.7. The van der Waals surface area contributed by atoms with Gasteiger partial charge >= 0.3 is 0 Å². The Morgan fingerprint density at radius 1 is 1.07 bits per heavy atom. The fraction of sp³-hybridized carbons (Fsp3) is 0.586. The van der Waals surface area contributed by atoms with Crippen molar-refractivity contribution in [1.29, 1.82) is 0 Å². The monoisotopic (exact) mass is 573 g/mol.